The fourth-order valence-corrected chi connectivity index (χ4v) is 1.09. The molecule has 1 aromatic carbocycles. The summed E-state index contributed by atoms with van der Waals surface area (Å²) in [6.07, 6.45) is 2.66. The van der Waals surface area contributed by atoms with Crippen molar-refractivity contribution in [1.29, 1.82) is 5.26 Å². The first-order chi connectivity index (χ1) is 6.42. The molecule has 1 radical (unpaired) electrons. The van der Waals surface area contributed by atoms with E-state index >= 15 is 0 Å². The number of nitriles is 1. The molecule has 0 atom stereocenters. The van der Waals surface area contributed by atoms with Crippen molar-refractivity contribution < 1.29 is 0 Å². The van der Waals surface area contributed by atoms with E-state index in [1.54, 1.807) is 6.07 Å². The predicted molar refractivity (Wildman–Crippen MR) is 45.4 cm³/mol. The fraction of sp³-hybridized carbons (Fsp3) is 0. The second-order valence-electron chi connectivity index (χ2n) is 2.46. The third-order valence-corrected chi connectivity index (χ3v) is 1.69. The highest BCUT2D eigenvalue weighted by atomic mass is 15.3. The molecular formula is C9H5N4. The topological polar surface area (TPSA) is 65.4 Å². The van der Waals surface area contributed by atoms with Gasteiger partial charge >= 0.3 is 0 Å². The van der Waals surface area contributed by atoms with Gasteiger partial charge in [0, 0.05) is 5.56 Å². The van der Waals surface area contributed by atoms with Crippen LogP contribution < -0.4 is 0 Å². The normalized spacial score (nSPS) is 9.46. The van der Waals surface area contributed by atoms with Crippen LogP contribution in [0, 0.1) is 17.5 Å². The Morgan fingerprint density at radius 3 is 2.92 bits per heavy atom. The maximum Gasteiger partial charge on any atom is 0.143 e. The van der Waals surface area contributed by atoms with Gasteiger partial charge in [-0.15, -0.1) is 5.10 Å². The highest BCUT2D eigenvalue weighted by Crippen LogP contribution is 2.18. The van der Waals surface area contributed by atoms with Crippen LogP contribution in [0.25, 0.3) is 11.3 Å². The summed E-state index contributed by atoms with van der Waals surface area (Å²) in [5.41, 5.74) is 2.00. The van der Waals surface area contributed by atoms with E-state index in [0.717, 1.165) is 5.56 Å². The van der Waals surface area contributed by atoms with Gasteiger partial charge < -0.3 is 0 Å². The van der Waals surface area contributed by atoms with Crippen molar-refractivity contribution >= 4 is 0 Å². The summed E-state index contributed by atoms with van der Waals surface area (Å²) >= 11 is 0. The Kier molecular flexibility index (Phi) is 1.77. The quantitative estimate of drug-likeness (QED) is 0.696. The Hall–Kier alpha value is -2.15. The molecular weight excluding hydrogens is 164 g/mol. The van der Waals surface area contributed by atoms with Crippen molar-refractivity contribution in [2.45, 2.75) is 0 Å². The zero-order valence-corrected chi connectivity index (χ0v) is 6.65. The number of aromatic nitrogens is 3. The van der Waals surface area contributed by atoms with Gasteiger partial charge in [-0.1, -0.05) is 23.4 Å². The zero-order valence-electron chi connectivity index (χ0n) is 6.65. The summed E-state index contributed by atoms with van der Waals surface area (Å²) < 4.78 is 0. The molecule has 13 heavy (non-hydrogen) atoms. The molecule has 4 nitrogen and oxygen atoms in total. The molecule has 1 aromatic heterocycles. The van der Waals surface area contributed by atoms with Crippen molar-refractivity contribution in [2.75, 3.05) is 0 Å². The van der Waals surface area contributed by atoms with Crippen LogP contribution in [-0.2, 0) is 0 Å². The van der Waals surface area contributed by atoms with Crippen LogP contribution in [0.3, 0.4) is 0 Å². The second-order valence-corrected chi connectivity index (χ2v) is 2.46. The van der Waals surface area contributed by atoms with Crippen LogP contribution >= 0.6 is 0 Å². The van der Waals surface area contributed by atoms with Crippen molar-refractivity contribution in [1.82, 2.24) is 15.4 Å². The van der Waals surface area contributed by atoms with Crippen molar-refractivity contribution in [3.63, 3.8) is 0 Å². The summed E-state index contributed by atoms with van der Waals surface area (Å²) in [6.45, 7) is 0. The molecule has 0 unspecified atom stereocenters. The molecule has 2 aromatic rings. The summed E-state index contributed by atoms with van der Waals surface area (Å²) in [5.74, 6) is 0. The van der Waals surface area contributed by atoms with E-state index in [1.807, 2.05) is 18.2 Å². The Morgan fingerprint density at radius 2 is 2.23 bits per heavy atom. The van der Waals surface area contributed by atoms with Crippen molar-refractivity contribution in [2.24, 2.45) is 0 Å². The number of hydrogen-bond acceptors (Lipinski definition) is 3. The molecule has 2 rings (SSSR count). The van der Waals surface area contributed by atoms with Gasteiger partial charge in [0.2, 0.25) is 0 Å². The smallest absolute Gasteiger partial charge is 0.143 e. The lowest BCUT2D eigenvalue weighted by Gasteiger charge is -1.97. The molecule has 4 heteroatoms. The molecule has 1 heterocycles. The molecule has 0 fully saturated rings. The van der Waals surface area contributed by atoms with Gasteiger partial charge in [0.15, 0.2) is 0 Å². The van der Waals surface area contributed by atoms with E-state index < -0.39 is 0 Å². The highest BCUT2D eigenvalue weighted by molar-refractivity contribution is 5.65. The van der Waals surface area contributed by atoms with Gasteiger partial charge in [0.25, 0.3) is 0 Å². The molecule has 0 saturated carbocycles. The second kappa shape index (κ2) is 3.07. The van der Waals surface area contributed by atoms with Crippen molar-refractivity contribution in [3.05, 3.63) is 36.0 Å². The van der Waals surface area contributed by atoms with Gasteiger partial charge in [-0.25, -0.2) is 0 Å². The maximum absolute atomic E-state index is 8.80. The number of aromatic amines is 1. The largest absolute Gasteiger partial charge is 0.257 e. The summed E-state index contributed by atoms with van der Waals surface area (Å²) in [7, 11) is 0. The fourth-order valence-electron chi connectivity index (χ4n) is 1.09. The average molecular weight is 169 g/mol. The van der Waals surface area contributed by atoms with Crippen LogP contribution in [0.4, 0.5) is 0 Å². The van der Waals surface area contributed by atoms with E-state index in [4.69, 9.17) is 5.26 Å². The van der Waals surface area contributed by atoms with Gasteiger partial charge in [0.05, 0.1) is 17.3 Å². The predicted octanol–water partition coefficient (Wildman–Crippen LogP) is 1.14. The third kappa shape index (κ3) is 1.27. The summed E-state index contributed by atoms with van der Waals surface area (Å²) in [4.78, 5) is 0. The molecule has 0 bridgehead atoms. The molecule has 0 saturated heterocycles. The molecule has 0 aliphatic carbocycles. The van der Waals surface area contributed by atoms with Gasteiger partial charge in [0.1, 0.15) is 6.20 Å². The minimum absolute atomic E-state index is 0.588. The summed E-state index contributed by atoms with van der Waals surface area (Å²) in [6, 6.07) is 9.32. The maximum atomic E-state index is 8.80. The van der Waals surface area contributed by atoms with Gasteiger partial charge in [-0.05, 0) is 6.07 Å². The average Bonchev–Trinajstić information content (AvgIpc) is 2.70. The number of benzene rings is 1. The SMILES string of the molecule is N#Cc1ccccc1-c1[c]nn[nH]1. The van der Waals surface area contributed by atoms with E-state index in [1.165, 1.54) is 0 Å². The zero-order chi connectivity index (χ0) is 9.10. The highest BCUT2D eigenvalue weighted by Gasteiger charge is 2.04. The Labute approximate surface area is 74.8 Å². The Bertz CT molecular complexity index is 439. The molecule has 0 spiro atoms. The molecule has 0 amide bonds. The first-order valence-electron chi connectivity index (χ1n) is 3.70. The number of rotatable bonds is 1. The first kappa shape index (κ1) is 7.50. The number of hydrogen-bond donors (Lipinski definition) is 1. The van der Waals surface area contributed by atoms with Gasteiger partial charge in [-0.3, -0.25) is 5.10 Å². The lowest BCUT2D eigenvalue weighted by molar-refractivity contribution is 0.940. The molecule has 1 N–H and O–H groups in total. The number of H-pyrrole nitrogens is 1. The van der Waals surface area contributed by atoms with E-state index in [9.17, 15) is 0 Å². The van der Waals surface area contributed by atoms with E-state index in [0.29, 0.717) is 11.3 Å². The van der Waals surface area contributed by atoms with Crippen LogP contribution in [-0.4, -0.2) is 15.4 Å². The number of nitrogens with one attached hydrogen (secondary N) is 1. The van der Waals surface area contributed by atoms with Crippen LogP contribution in [0.2, 0.25) is 0 Å². The van der Waals surface area contributed by atoms with Gasteiger partial charge in [-0.2, -0.15) is 5.26 Å². The lowest BCUT2D eigenvalue weighted by Crippen LogP contribution is -1.83. The summed E-state index contributed by atoms with van der Waals surface area (Å²) in [5, 5.41) is 18.5. The van der Waals surface area contributed by atoms with Crippen LogP contribution in [0.15, 0.2) is 24.3 Å². The standard InChI is InChI=1S/C9H5N4/c10-5-7-3-1-2-4-8(7)9-6-11-13-12-9/h1-4H,(H,11,12,13). The Balaban J connectivity index is 2.59. The molecule has 61 valence electrons. The minimum Gasteiger partial charge on any atom is -0.257 e. The van der Waals surface area contributed by atoms with Crippen LogP contribution in [0.5, 0.6) is 0 Å². The van der Waals surface area contributed by atoms with E-state index in [2.05, 4.69) is 27.7 Å². The van der Waals surface area contributed by atoms with Crippen molar-refractivity contribution in [3.8, 4) is 17.3 Å². The first-order valence-corrected chi connectivity index (χ1v) is 3.70. The monoisotopic (exact) mass is 169 g/mol. The minimum atomic E-state index is 0.588. The van der Waals surface area contributed by atoms with E-state index in [-0.39, 0.29) is 0 Å². The lowest BCUT2D eigenvalue weighted by atomic mass is 10.1. The molecule has 0 aliphatic heterocycles. The third-order valence-electron chi connectivity index (χ3n) is 1.69. The molecule has 0 aliphatic rings. The Morgan fingerprint density at radius 1 is 1.38 bits per heavy atom. The van der Waals surface area contributed by atoms with Crippen LogP contribution in [0.1, 0.15) is 5.56 Å². The number of nitrogens with zero attached hydrogens (tertiary/aromatic N) is 3.